The number of hydrogen-bond donors (Lipinski definition) is 2. The lowest BCUT2D eigenvalue weighted by Gasteiger charge is -2.16. The molecular weight excluding hydrogens is 361 g/mol. The van der Waals surface area contributed by atoms with Crippen molar-refractivity contribution in [1.82, 2.24) is 15.5 Å². The van der Waals surface area contributed by atoms with Crippen molar-refractivity contribution in [3.63, 3.8) is 0 Å². The normalized spacial score (nSPS) is 13.3. The number of aryl methyl sites for hydroxylation is 1. The molecule has 1 atom stereocenters. The molecule has 0 saturated heterocycles. The van der Waals surface area contributed by atoms with E-state index >= 15 is 0 Å². The van der Waals surface area contributed by atoms with E-state index < -0.39 is 0 Å². The SMILES string of the molecule is CC(C)c1noc(CCCN=C(N)NC(C)c2ccc(Cl)cc2Cl)n1. The van der Waals surface area contributed by atoms with Gasteiger partial charge < -0.3 is 15.6 Å². The second-order valence-electron chi connectivity index (χ2n) is 6.10. The summed E-state index contributed by atoms with van der Waals surface area (Å²) in [5.74, 6) is 1.99. The minimum absolute atomic E-state index is 0.0712. The predicted octanol–water partition coefficient (Wildman–Crippen LogP) is 4.10. The van der Waals surface area contributed by atoms with Crippen molar-refractivity contribution >= 4 is 29.2 Å². The van der Waals surface area contributed by atoms with Crippen LogP contribution in [0.25, 0.3) is 0 Å². The fraction of sp³-hybridized carbons (Fsp3) is 0.471. The molecule has 1 unspecified atom stereocenters. The van der Waals surface area contributed by atoms with Crippen LogP contribution in [-0.2, 0) is 6.42 Å². The first kappa shape index (κ1) is 19.5. The molecular formula is C17H23Cl2N5O. The van der Waals surface area contributed by atoms with Crippen molar-refractivity contribution < 1.29 is 4.52 Å². The van der Waals surface area contributed by atoms with E-state index in [9.17, 15) is 0 Å². The molecule has 0 amide bonds. The number of nitrogens with one attached hydrogen (secondary N) is 1. The zero-order valence-electron chi connectivity index (χ0n) is 14.6. The first-order valence-electron chi connectivity index (χ1n) is 8.20. The highest BCUT2D eigenvalue weighted by molar-refractivity contribution is 6.35. The lowest BCUT2D eigenvalue weighted by atomic mass is 10.1. The van der Waals surface area contributed by atoms with Crippen LogP contribution in [0.3, 0.4) is 0 Å². The molecule has 0 aliphatic heterocycles. The van der Waals surface area contributed by atoms with Gasteiger partial charge in [0.25, 0.3) is 0 Å². The number of rotatable bonds is 7. The third kappa shape index (κ3) is 5.90. The van der Waals surface area contributed by atoms with Crippen molar-refractivity contribution in [2.24, 2.45) is 10.7 Å². The summed E-state index contributed by atoms with van der Waals surface area (Å²) < 4.78 is 5.20. The van der Waals surface area contributed by atoms with Crippen LogP contribution in [0.1, 0.15) is 56.4 Å². The topological polar surface area (TPSA) is 89.3 Å². The minimum Gasteiger partial charge on any atom is -0.370 e. The van der Waals surface area contributed by atoms with Crippen molar-refractivity contribution in [2.45, 2.75) is 45.6 Å². The van der Waals surface area contributed by atoms with Gasteiger partial charge in [0.05, 0.1) is 6.04 Å². The van der Waals surface area contributed by atoms with Gasteiger partial charge in [-0.05, 0) is 31.0 Å². The number of halogens is 2. The quantitative estimate of drug-likeness (QED) is 0.426. The summed E-state index contributed by atoms with van der Waals surface area (Å²) in [6.45, 7) is 6.58. The molecule has 8 heteroatoms. The highest BCUT2D eigenvalue weighted by Gasteiger charge is 2.11. The Morgan fingerprint density at radius 3 is 2.72 bits per heavy atom. The van der Waals surface area contributed by atoms with E-state index in [1.165, 1.54) is 0 Å². The van der Waals surface area contributed by atoms with E-state index in [2.05, 4.69) is 20.4 Å². The average molecular weight is 384 g/mol. The predicted molar refractivity (Wildman–Crippen MR) is 101 cm³/mol. The molecule has 0 spiro atoms. The highest BCUT2D eigenvalue weighted by Crippen LogP contribution is 2.25. The van der Waals surface area contributed by atoms with Gasteiger partial charge in [0.2, 0.25) is 5.89 Å². The number of nitrogens with two attached hydrogens (primary N) is 1. The summed E-state index contributed by atoms with van der Waals surface area (Å²) in [5.41, 5.74) is 6.85. The highest BCUT2D eigenvalue weighted by atomic mass is 35.5. The maximum Gasteiger partial charge on any atom is 0.226 e. The molecule has 1 aromatic carbocycles. The zero-order valence-corrected chi connectivity index (χ0v) is 16.1. The second-order valence-corrected chi connectivity index (χ2v) is 6.95. The van der Waals surface area contributed by atoms with Crippen molar-refractivity contribution in [3.05, 3.63) is 45.5 Å². The molecule has 0 aliphatic rings. The number of aliphatic imine (C=N–C) groups is 1. The van der Waals surface area contributed by atoms with Gasteiger partial charge in [-0.25, -0.2) is 0 Å². The van der Waals surface area contributed by atoms with Gasteiger partial charge >= 0.3 is 0 Å². The maximum absolute atomic E-state index is 6.20. The van der Waals surface area contributed by atoms with Gasteiger partial charge in [-0.1, -0.05) is 48.3 Å². The van der Waals surface area contributed by atoms with Crippen molar-refractivity contribution in [3.8, 4) is 0 Å². The lowest BCUT2D eigenvalue weighted by Crippen LogP contribution is -2.34. The number of benzene rings is 1. The van der Waals surface area contributed by atoms with Gasteiger partial charge in [0.15, 0.2) is 11.8 Å². The van der Waals surface area contributed by atoms with Crippen LogP contribution in [0, 0.1) is 0 Å². The summed E-state index contributed by atoms with van der Waals surface area (Å²) in [6, 6.07) is 5.31. The number of aromatic nitrogens is 2. The van der Waals surface area contributed by atoms with Gasteiger partial charge in [-0.15, -0.1) is 0 Å². The number of guanidine groups is 1. The molecule has 2 rings (SSSR count). The van der Waals surface area contributed by atoms with E-state index in [-0.39, 0.29) is 12.0 Å². The molecule has 1 aromatic heterocycles. The standard InChI is InChI=1S/C17H23Cl2N5O/c1-10(2)16-23-15(25-24-16)5-4-8-21-17(20)22-11(3)13-7-6-12(18)9-14(13)19/h6-7,9-11H,4-5,8H2,1-3H3,(H3,20,21,22). The first-order valence-corrected chi connectivity index (χ1v) is 8.96. The smallest absolute Gasteiger partial charge is 0.226 e. The molecule has 0 fully saturated rings. The average Bonchev–Trinajstić information content (AvgIpc) is 3.00. The Hall–Kier alpha value is -1.79. The molecule has 2 aromatic rings. The van der Waals surface area contributed by atoms with Crippen LogP contribution in [0.2, 0.25) is 10.0 Å². The minimum atomic E-state index is -0.0712. The first-order chi connectivity index (χ1) is 11.9. The van der Waals surface area contributed by atoms with Crippen LogP contribution >= 0.6 is 23.2 Å². The van der Waals surface area contributed by atoms with E-state index in [1.54, 1.807) is 12.1 Å². The van der Waals surface area contributed by atoms with Crippen LogP contribution in [0.15, 0.2) is 27.7 Å². The van der Waals surface area contributed by atoms with Crippen LogP contribution in [-0.4, -0.2) is 22.6 Å². The van der Waals surface area contributed by atoms with Gasteiger partial charge in [0, 0.05) is 28.9 Å². The largest absolute Gasteiger partial charge is 0.370 e. The second kappa shape index (κ2) is 9.06. The summed E-state index contributed by atoms with van der Waals surface area (Å²) in [4.78, 5) is 8.65. The van der Waals surface area contributed by atoms with E-state index in [4.69, 9.17) is 33.5 Å². The summed E-state index contributed by atoms with van der Waals surface area (Å²) in [6.07, 6.45) is 1.45. The van der Waals surface area contributed by atoms with Crippen LogP contribution in [0.4, 0.5) is 0 Å². The molecule has 136 valence electrons. The van der Waals surface area contributed by atoms with E-state index in [0.29, 0.717) is 34.9 Å². The molecule has 0 bridgehead atoms. The van der Waals surface area contributed by atoms with Crippen molar-refractivity contribution in [1.29, 1.82) is 0 Å². The molecule has 0 saturated carbocycles. The van der Waals surface area contributed by atoms with E-state index in [0.717, 1.165) is 17.8 Å². The molecule has 0 radical (unpaired) electrons. The Labute approximate surface area is 157 Å². The fourth-order valence-electron chi connectivity index (χ4n) is 2.23. The lowest BCUT2D eigenvalue weighted by molar-refractivity contribution is 0.369. The summed E-state index contributed by atoms with van der Waals surface area (Å²) in [7, 11) is 0. The summed E-state index contributed by atoms with van der Waals surface area (Å²) in [5, 5.41) is 8.26. The van der Waals surface area contributed by atoms with E-state index in [1.807, 2.05) is 26.8 Å². The fourth-order valence-corrected chi connectivity index (χ4v) is 2.80. The molecule has 6 nitrogen and oxygen atoms in total. The monoisotopic (exact) mass is 383 g/mol. The molecule has 3 N–H and O–H groups in total. The van der Waals surface area contributed by atoms with Crippen molar-refractivity contribution in [2.75, 3.05) is 6.54 Å². The van der Waals surface area contributed by atoms with Gasteiger partial charge in [-0.3, -0.25) is 4.99 Å². The Morgan fingerprint density at radius 2 is 2.08 bits per heavy atom. The Kier molecular flexibility index (Phi) is 7.08. The number of nitrogens with zero attached hydrogens (tertiary/aromatic N) is 3. The van der Waals surface area contributed by atoms with Crippen LogP contribution in [0.5, 0.6) is 0 Å². The number of hydrogen-bond acceptors (Lipinski definition) is 4. The summed E-state index contributed by atoms with van der Waals surface area (Å²) >= 11 is 12.1. The van der Waals surface area contributed by atoms with Gasteiger partial charge in [-0.2, -0.15) is 4.98 Å². The van der Waals surface area contributed by atoms with Crippen LogP contribution < -0.4 is 11.1 Å². The molecule has 25 heavy (non-hydrogen) atoms. The molecule has 0 aliphatic carbocycles. The zero-order chi connectivity index (χ0) is 18.4. The maximum atomic E-state index is 6.20. The Morgan fingerprint density at radius 1 is 1.32 bits per heavy atom. The van der Waals surface area contributed by atoms with Gasteiger partial charge in [0.1, 0.15) is 0 Å². The third-order valence-corrected chi connectivity index (χ3v) is 4.19. The third-order valence-electron chi connectivity index (χ3n) is 3.62. The Balaban J connectivity index is 1.80. The molecule has 1 heterocycles. The Bertz CT molecular complexity index is 730.